The number of amides is 2. The lowest BCUT2D eigenvalue weighted by atomic mass is 10.1. The summed E-state index contributed by atoms with van der Waals surface area (Å²) in [5, 5.41) is 3.10. The van der Waals surface area contributed by atoms with Gasteiger partial charge in [0.25, 0.3) is 15.9 Å². The summed E-state index contributed by atoms with van der Waals surface area (Å²) in [7, 11) is -4.09. The summed E-state index contributed by atoms with van der Waals surface area (Å²) in [6.45, 7) is 3.10. The molecule has 1 fully saturated rings. The van der Waals surface area contributed by atoms with Crippen LogP contribution in [0.3, 0.4) is 0 Å². The normalized spacial score (nSPS) is 13.8. The number of carbonyl (C=O) groups is 2. The molecule has 1 saturated heterocycles. The molecule has 0 aliphatic carbocycles. The Morgan fingerprint density at radius 3 is 2.36 bits per heavy atom. The molecule has 2 amide bonds. The molecule has 0 aromatic heterocycles. The minimum atomic E-state index is -4.09. The van der Waals surface area contributed by atoms with E-state index in [0.717, 1.165) is 9.87 Å². The van der Waals surface area contributed by atoms with Crippen molar-refractivity contribution in [2.45, 2.75) is 11.8 Å². The van der Waals surface area contributed by atoms with Gasteiger partial charge in [-0.2, -0.15) is 0 Å². The Morgan fingerprint density at radius 1 is 1.00 bits per heavy atom. The summed E-state index contributed by atoms with van der Waals surface area (Å²) in [5.41, 5.74) is 1.65. The number of nitrogens with zero attached hydrogens (tertiary/aromatic N) is 2. The lowest BCUT2D eigenvalue weighted by Crippen LogP contribution is -2.41. The van der Waals surface area contributed by atoms with E-state index in [-0.39, 0.29) is 16.5 Å². The first-order valence-corrected chi connectivity index (χ1v) is 13.2. The summed E-state index contributed by atoms with van der Waals surface area (Å²) >= 11 is 6.28. The van der Waals surface area contributed by atoms with E-state index in [0.29, 0.717) is 42.6 Å². The van der Waals surface area contributed by atoms with Crippen LogP contribution in [0.1, 0.15) is 15.9 Å². The highest BCUT2D eigenvalue weighted by molar-refractivity contribution is 7.92. The van der Waals surface area contributed by atoms with Gasteiger partial charge in [0.2, 0.25) is 5.91 Å². The molecular weight excluding hydrogens is 502 g/mol. The molecule has 3 aromatic rings. The third-order valence-electron chi connectivity index (χ3n) is 5.79. The minimum absolute atomic E-state index is 0.0393. The fraction of sp³-hybridized carbons (Fsp3) is 0.231. The van der Waals surface area contributed by atoms with Gasteiger partial charge in [0.15, 0.2) is 0 Å². The van der Waals surface area contributed by atoms with Crippen LogP contribution in [-0.4, -0.2) is 58.0 Å². The predicted molar refractivity (Wildman–Crippen MR) is 139 cm³/mol. The van der Waals surface area contributed by atoms with Gasteiger partial charge in [0, 0.05) is 18.1 Å². The Balaban J connectivity index is 1.62. The molecule has 1 aliphatic heterocycles. The van der Waals surface area contributed by atoms with Crippen molar-refractivity contribution < 1.29 is 22.7 Å². The predicted octanol–water partition coefficient (Wildman–Crippen LogP) is 3.95. The molecule has 1 aliphatic rings. The van der Waals surface area contributed by atoms with E-state index in [1.807, 2.05) is 0 Å². The van der Waals surface area contributed by atoms with Crippen LogP contribution >= 0.6 is 11.6 Å². The highest BCUT2D eigenvalue weighted by atomic mass is 35.5. The van der Waals surface area contributed by atoms with Gasteiger partial charge in [-0.1, -0.05) is 48.0 Å². The quantitative estimate of drug-likeness (QED) is 0.502. The van der Waals surface area contributed by atoms with Crippen molar-refractivity contribution in [1.29, 1.82) is 0 Å². The Kier molecular flexibility index (Phi) is 7.93. The summed E-state index contributed by atoms with van der Waals surface area (Å²) in [5.74, 6) is -0.832. The summed E-state index contributed by atoms with van der Waals surface area (Å²) < 4.78 is 33.4. The first kappa shape index (κ1) is 25.7. The SMILES string of the molecule is Cc1ccc(N(CC(=O)Nc2ccccc2C(=O)N2CCOCC2)S(=O)(=O)c2ccccc2)cc1Cl. The van der Waals surface area contributed by atoms with Crippen LogP contribution in [0.4, 0.5) is 11.4 Å². The lowest BCUT2D eigenvalue weighted by molar-refractivity contribution is -0.114. The second-order valence-electron chi connectivity index (χ2n) is 8.26. The van der Waals surface area contributed by atoms with Crippen LogP contribution in [0.5, 0.6) is 0 Å². The van der Waals surface area contributed by atoms with Gasteiger partial charge in [0.05, 0.1) is 35.0 Å². The lowest BCUT2D eigenvalue weighted by Gasteiger charge is -2.28. The van der Waals surface area contributed by atoms with Crippen LogP contribution in [0.25, 0.3) is 0 Å². The number of sulfonamides is 1. The summed E-state index contributed by atoms with van der Waals surface area (Å²) in [6, 6.07) is 19.3. The molecule has 3 aromatic carbocycles. The molecule has 4 rings (SSSR count). The van der Waals surface area contributed by atoms with E-state index in [4.69, 9.17) is 16.3 Å². The number of benzene rings is 3. The number of halogens is 1. The fourth-order valence-electron chi connectivity index (χ4n) is 3.81. The highest BCUT2D eigenvalue weighted by Crippen LogP contribution is 2.28. The van der Waals surface area contributed by atoms with Gasteiger partial charge in [-0.25, -0.2) is 8.42 Å². The third-order valence-corrected chi connectivity index (χ3v) is 7.99. The topological polar surface area (TPSA) is 96.0 Å². The van der Waals surface area contributed by atoms with Gasteiger partial charge in [0.1, 0.15) is 6.54 Å². The summed E-state index contributed by atoms with van der Waals surface area (Å²) in [6.07, 6.45) is 0. The van der Waals surface area contributed by atoms with E-state index in [9.17, 15) is 18.0 Å². The Labute approximate surface area is 215 Å². The molecule has 0 saturated carbocycles. The van der Waals surface area contributed by atoms with Crippen LogP contribution in [-0.2, 0) is 19.6 Å². The van der Waals surface area contributed by atoms with Crippen molar-refractivity contribution in [3.05, 3.63) is 88.9 Å². The Hall–Kier alpha value is -3.40. The molecule has 1 N–H and O–H groups in total. The second kappa shape index (κ2) is 11.1. The van der Waals surface area contributed by atoms with Crippen molar-refractivity contribution in [3.63, 3.8) is 0 Å². The van der Waals surface area contributed by atoms with Gasteiger partial charge in [-0.15, -0.1) is 0 Å². The average molecular weight is 528 g/mol. The van der Waals surface area contributed by atoms with Crippen LogP contribution in [0, 0.1) is 6.92 Å². The van der Waals surface area contributed by atoms with Crippen molar-refractivity contribution in [1.82, 2.24) is 4.90 Å². The largest absolute Gasteiger partial charge is 0.378 e. The number of hydrogen-bond donors (Lipinski definition) is 1. The number of para-hydroxylation sites is 1. The number of hydrogen-bond acceptors (Lipinski definition) is 5. The zero-order valence-electron chi connectivity index (χ0n) is 19.7. The Morgan fingerprint density at radius 2 is 1.67 bits per heavy atom. The smallest absolute Gasteiger partial charge is 0.264 e. The van der Waals surface area contributed by atoms with Gasteiger partial charge in [-0.3, -0.25) is 13.9 Å². The molecule has 0 unspecified atom stereocenters. The first-order valence-electron chi connectivity index (χ1n) is 11.4. The van der Waals surface area contributed by atoms with Gasteiger partial charge in [-0.05, 0) is 48.9 Å². The number of carbonyl (C=O) groups excluding carboxylic acids is 2. The zero-order chi connectivity index (χ0) is 25.7. The van der Waals surface area contributed by atoms with Crippen LogP contribution in [0.15, 0.2) is 77.7 Å². The van der Waals surface area contributed by atoms with E-state index in [1.165, 1.54) is 18.2 Å². The number of aryl methyl sites for hydroxylation is 1. The van der Waals surface area contributed by atoms with E-state index >= 15 is 0 Å². The summed E-state index contributed by atoms with van der Waals surface area (Å²) in [4.78, 5) is 27.9. The number of morpholine rings is 1. The molecule has 0 atom stereocenters. The van der Waals surface area contributed by atoms with Crippen LogP contribution in [0.2, 0.25) is 5.02 Å². The average Bonchev–Trinajstić information content (AvgIpc) is 2.90. The zero-order valence-corrected chi connectivity index (χ0v) is 21.3. The fourth-order valence-corrected chi connectivity index (χ4v) is 5.42. The van der Waals surface area contributed by atoms with Gasteiger partial charge >= 0.3 is 0 Å². The maximum Gasteiger partial charge on any atom is 0.264 e. The number of nitrogens with one attached hydrogen (secondary N) is 1. The first-order chi connectivity index (χ1) is 17.3. The molecular formula is C26H26ClN3O5S. The molecule has 10 heteroatoms. The van der Waals surface area contributed by atoms with Crippen molar-refractivity contribution in [3.8, 4) is 0 Å². The minimum Gasteiger partial charge on any atom is -0.378 e. The van der Waals surface area contributed by atoms with Crippen LogP contribution < -0.4 is 9.62 Å². The number of anilines is 2. The maximum absolute atomic E-state index is 13.5. The molecule has 1 heterocycles. The van der Waals surface area contributed by atoms with Crippen molar-refractivity contribution in [2.24, 2.45) is 0 Å². The molecule has 0 radical (unpaired) electrons. The molecule has 36 heavy (non-hydrogen) atoms. The molecule has 8 nitrogen and oxygen atoms in total. The second-order valence-corrected chi connectivity index (χ2v) is 10.5. The third kappa shape index (κ3) is 5.70. The standard InChI is InChI=1S/C26H26ClN3O5S/c1-19-11-12-20(17-23(19)27)30(36(33,34)21-7-3-2-4-8-21)18-25(31)28-24-10-6-5-9-22(24)26(32)29-13-15-35-16-14-29/h2-12,17H,13-16,18H2,1H3,(H,28,31). The van der Waals surface area contributed by atoms with E-state index in [1.54, 1.807) is 66.4 Å². The van der Waals surface area contributed by atoms with Crippen molar-refractivity contribution >= 4 is 44.8 Å². The number of rotatable bonds is 7. The molecule has 0 spiro atoms. The van der Waals surface area contributed by atoms with Gasteiger partial charge < -0.3 is 15.0 Å². The monoisotopic (exact) mass is 527 g/mol. The Bertz CT molecular complexity index is 1360. The highest BCUT2D eigenvalue weighted by Gasteiger charge is 2.28. The molecule has 188 valence electrons. The molecule has 0 bridgehead atoms. The van der Waals surface area contributed by atoms with E-state index in [2.05, 4.69) is 5.32 Å². The maximum atomic E-state index is 13.5. The van der Waals surface area contributed by atoms with Crippen molar-refractivity contribution in [2.75, 3.05) is 42.5 Å². The number of ether oxygens (including phenoxy) is 1. The van der Waals surface area contributed by atoms with E-state index < -0.39 is 22.5 Å².